The van der Waals surface area contributed by atoms with E-state index in [0.29, 0.717) is 12.4 Å². The molecule has 5 heteroatoms. The molecule has 116 valence electrons. The van der Waals surface area contributed by atoms with Crippen molar-refractivity contribution in [1.29, 1.82) is 0 Å². The second-order valence-corrected chi connectivity index (χ2v) is 6.12. The lowest BCUT2D eigenvalue weighted by molar-refractivity contribution is -0.123. The second kappa shape index (κ2) is 6.56. The molecule has 0 spiro atoms. The van der Waals surface area contributed by atoms with E-state index in [1.807, 2.05) is 26.8 Å². The van der Waals surface area contributed by atoms with E-state index in [1.165, 1.54) is 12.1 Å². The Morgan fingerprint density at radius 2 is 1.82 bits per heavy atom. The van der Waals surface area contributed by atoms with Gasteiger partial charge in [-0.25, -0.2) is 9.37 Å². The molecule has 0 aliphatic rings. The van der Waals surface area contributed by atoms with Crippen molar-refractivity contribution in [3.05, 3.63) is 54.0 Å². The van der Waals surface area contributed by atoms with E-state index in [0.717, 1.165) is 11.3 Å². The van der Waals surface area contributed by atoms with Crippen LogP contribution in [-0.2, 0) is 11.3 Å². The number of benzene rings is 1. The lowest BCUT2D eigenvalue weighted by Crippen LogP contribution is -2.27. The van der Waals surface area contributed by atoms with Crippen molar-refractivity contribution in [3.63, 3.8) is 0 Å². The van der Waals surface area contributed by atoms with Gasteiger partial charge in [-0.2, -0.15) is 0 Å². The monoisotopic (exact) mass is 301 g/mol. The number of hydrogen-bond donors (Lipinski definition) is 2. The van der Waals surface area contributed by atoms with Gasteiger partial charge in [0.1, 0.15) is 11.6 Å². The molecule has 4 nitrogen and oxygen atoms in total. The Kier molecular flexibility index (Phi) is 4.75. The minimum atomic E-state index is -0.457. The molecule has 1 aromatic carbocycles. The smallest absolute Gasteiger partial charge is 0.230 e. The van der Waals surface area contributed by atoms with Gasteiger partial charge >= 0.3 is 0 Å². The van der Waals surface area contributed by atoms with E-state index in [9.17, 15) is 9.18 Å². The fraction of sp³-hybridized carbons (Fsp3) is 0.294. The van der Waals surface area contributed by atoms with Crippen molar-refractivity contribution >= 4 is 17.4 Å². The van der Waals surface area contributed by atoms with Crippen LogP contribution in [0.5, 0.6) is 0 Å². The zero-order valence-electron chi connectivity index (χ0n) is 13.0. The summed E-state index contributed by atoms with van der Waals surface area (Å²) in [6.07, 6.45) is 1.65. The van der Waals surface area contributed by atoms with Gasteiger partial charge in [0.2, 0.25) is 5.91 Å². The quantitative estimate of drug-likeness (QED) is 0.902. The van der Waals surface area contributed by atoms with E-state index in [-0.39, 0.29) is 11.7 Å². The molecule has 0 atom stereocenters. The Hall–Kier alpha value is -2.43. The summed E-state index contributed by atoms with van der Waals surface area (Å²) < 4.78 is 12.8. The molecule has 1 aromatic heterocycles. The molecule has 2 rings (SSSR count). The molecule has 0 saturated heterocycles. The molecule has 2 N–H and O–H groups in total. The maximum absolute atomic E-state index is 12.8. The Labute approximate surface area is 129 Å². The number of pyridine rings is 1. The Morgan fingerprint density at radius 1 is 1.14 bits per heavy atom. The van der Waals surface area contributed by atoms with Crippen LogP contribution < -0.4 is 10.6 Å². The number of hydrogen-bond acceptors (Lipinski definition) is 3. The molecule has 0 aliphatic carbocycles. The molecular formula is C17H20FN3O. The number of nitrogens with zero attached hydrogens (tertiary/aromatic N) is 1. The van der Waals surface area contributed by atoms with Crippen molar-refractivity contribution in [3.8, 4) is 0 Å². The molecule has 22 heavy (non-hydrogen) atoms. The number of halogens is 1. The Morgan fingerprint density at radius 3 is 2.36 bits per heavy atom. The zero-order chi connectivity index (χ0) is 16.2. The van der Waals surface area contributed by atoms with Crippen molar-refractivity contribution < 1.29 is 9.18 Å². The summed E-state index contributed by atoms with van der Waals surface area (Å²) in [5, 5.41) is 5.96. The van der Waals surface area contributed by atoms with Gasteiger partial charge in [0.05, 0.1) is 11.9 Å². The molecule has 1 heterocycles. The first-order valence-corrected chi connectivity index (χ1v) is 7.10. The normalized spacial score (nSPS) is 11.1. The van der Waals surface area contributed by atoms with Gasteiger partial charge in [-0.3, -0.25) is 4.79 Å². The second-order valence-electron chi connectivity index (χ2n) is 6.12. The van der Waals surface area contributed by atoms with Crippen molar-refractivity contribution in [2.24, 2.45) is 5.41 Å². The molecule has 0 saturated carbocycles. The first kappa shape index (κ1) is 15.9. The molecule has 0 radical (unpaired) electrons. The highest BCUT2D eigenvalue weighted by molar-refractivity contribution is 5.93. The topological polar surface area (TPSA) is 54.0 Å². The summed E-state index contributed by atoms with van der Waals surface area (Å²) in [6, 6.07) is 9.91. The van der Waals surface area contributed by atoms with E-state index in [2.05, 4.69) is 15.6 Å². The number of rotatable bonds is 4. The van der Waals surface area contributed by atoms with Crippen LogP contribution in [0, 0.1) is 11.2 Å². The van der Waals surface area contributed by atoms with Gasteiger partial charge in [0, 0.05) is 12.0 Å². The van der Waals surface area contributed by atoms with E-state index < -0.39 is 5.41 Å². The largest absolute Gasteiger partial charge is 0.380 e. The predicted octanol–water partition coefficient (Wildman–Crippen LogP) is 3.82. The van der Waals surface area contributed by atoms with Crippen molar-refractivity contribution in [1.82, 2.24) is 4.98 Å². The lowest BCUT2D eigenvalue weighted by atomic mass is 9.96. The molecule has 0 unspecified atom stereocenters. The first-order valence-electron chi connectivity index (χ1n) is 7.10. The first-order chi connectivity index (χ1) is 10.3. The summed E-state index contributed by atoms with van der Waals surface area (Å²) >= 11 is 0. The molecule has 1 amide bonds. The van der Waals surface area contributed by atoms with Crippen LogP contribution in [0.1, 0.15) is 26.3 Å². The van der Waals surface area contributed by atoms with E-state index in [1.54, 1.807) is 24.4 Å². The number of aromatic nitrogens is 1. The molecule has 0 bridgehead atoms. The van der Waals surface area contributed by atoms with Crippen LogP contribution in [0.15, 0.2) is 42.6 Å². The number of carbonyl (C=O) groups excluding carboxylic acids is 1. The highest BCUT2D eigenvalue weighted by atomic mass is 19.1. The van der Waals surface area contributed by atoms with Gasteiger partial charge in [-0.05, 0) is 29.8 Å². The van der Waals surface area contributed by atoms with Gasteiger partial charge in [-0.15, -0.1) is 0 Å². The summed E-state index contributed by atoms with van der Waals surface area (Å²) in [5.74, 6) is 0.198. The minimum absolute atomic E-state index is 0.0768. The average Bonchev–Trinajstić information content (AvgIpc) is 2.47. The van der Waals surface area contributed by atoms with Gasteiger partial charge < -0.3 is 10.6 Å². The summed E-state index contributed by atoms with van der Waals surface area (Å²) in [6.45, 7) is 6.12. The molecular weight excluding hydrogens is 281 g/mol. The third-order valence-corrected chi connectivity index (χ3v) is 3.10. The minimum Gasteiger partial charge on any atom is -0.380 e. The van der Waals surface area contributed by atoms with Crippen molar-refractivity contribution in [2.75, 3.05) is 10.6 Å². The lowest BCUT2D eigenvalue weighted by Gasteiger charge is -2.17. The summed E-state index contributed by atoms with van der Waals surface area (Å²) in [5.41, 5.74) is 1.35. The number of nitrogens with one attached hydrogen (secondary N) is 2. The number of carbonyl (C=O) groups is 1. The Balaban J connectivity index is 1.92. The van der Waals surface area contributed by atoms with E-state index >= 15 is 0 Å². The fourth-order valence-electron chi connectivity index (χ4n) is 1.68. The zero-order valence-corrected chi connectivity index (χ0v) is 13.0. The third-order valence-electron chi connectivity index (χ3n) is 3.10. The average molecular weight is 301 g/mol. The molecule has 0 fully saturated rings. The highest BCUT2D eigenvalue weighted by Crippen LogP contribution is 2.17. The maximum Gasteiger partial charge on any atom is 0.230 e. The van der Waals surface area contributed by atoms with Crippen LogP contribution in [0.4, 0.5) is 15.9 Å². The van der Waals surface area contributed by atoms with Crippen LogP contribution in [0.2, 0.25) is 0 Å². The van der Waals surface area contributed by atoms with Crippen LogP contribution in [0.3, 0.4) is 0 Å². The van der Waals surface area contributed by atoms with Crippen LogP contribution in [-0.4, -0.2) is 10.9 Å². The predicted molar refractivity (Wildman–Crippen MR) is 86.0 cm³/mol. The Bertz CT molecular complexity index is 630. The van der Waals surface area contributed by atoms with E-state index in [4.69, 9.17) is 0 Å². The van der Waals surface area contributed by atoms with Crippen molar-refractivity contribution in [2.45, 2.75) is 27.3 Å². The van der Waals surface area contributed by atoms with Crippen LogP contribution >= 0.6 is 0 Å². The molecule has 0 aliphatic heterocycles. The number of amides is 1. The third kappa shape index (κ3) is 4.55. The van der Waals surface area contributed by atoms with Crippen LogP contribution in [0.25, 0.3) is 0 Å². The van der Waals surface area contributed by atoms with Gasteiger partial charge in [-0.1, -0.05) is 32.9 Å². The van der Waals surface area contributed by atoms with Gasteiger partial charge in [0.25, 0.3) is 0 Å². The standard InChI is InChI=1S/C17H20FN3O/c1-17(2,3)16(22)21-15-9-8-14(11-20-15)19-10-12-4-6-13(18)7-5-12/h4-9,11,19H,10H2,1-3H3,(H,20,21,22). The SMILES string of the molecule is CC(C)(C)C(=O)Nc1ccc(NCc2ccc(F)cc2)cn1. The number of anilines is 2. The summed E-state index contributed by atoms with van der Waals surface area (Å²) in [7, 11) is 0. The summed E-state index contributed by atoms with van der Waals surface area (Å²) in [4.78, 5) is 16.1. The maximum atomic E-state index is 12.8. The highest BCUT2D eigenvalue weighted by Gasteiger charge is 2.21. The molecule has 2 aromatic rings. The fourth-order valence-corrected chi connectivity index (χ4v) is 1.68. The van der Waals surface area contributed by atoms with Gasteiger partial charge in [0.15, 0.2) is 0 Å².